The van der Waals surface area contributed by atoms with E-state index >= 15 is 0 Å². The van der Waals surface area contributed by atoms with Crippen LogP contribution in [0.25, 0.3) is 16.8 Å². The first-order valence-corrected chi connectivity index (χ1v) is 7.82. The summed E-state index contributed by atoms with van der Waals surface area (Å²) in [5.74, 6) is 0.125. The van der Waals surface area contributed by atoms with Gasteiger partial charge < -0.3 is 4.98 Å². The van der Waals surface area contributed by atoms with Crippen molar-refractivity contribution < 1.29 is 4.79 Å². The Balaban J connectivity index is 2.03. The highest BCUT2D eigenvalue weighted by Crippen LogP contribution is 2.26. The van der Waals surface area contributed by atoms with Crippen LogP contribution in [0.5, 0.6) is 0 Å². The molecule has 0 spiro atoms. The summed E-state index contributed by atoms with van der Waals surface area (Å²) >= 11 is 0. The number of carbonyl (C=O) groups excluding carboxylic acids is 1. The summed E-state index contributed by atoms with van der Waals surface area (Å²) in [5, 5.41) is 0. The fourth-order valence-electron chi connectivity index (χ4n) is 2.54. The first kappa shape index (κ1) is 15.0. The molecule has 0 saturated carbocycles. The van der Waals surface area contributed by atoms with Crippen molar-refractivity contribution in [3.63, 3.8) is 0 Å². The van der Waals surface area contributed by atoms with Gasteiger partial charge in [0.15, 0.2) is 5.78 Å². The molecule has 1 N–H and O–H groups in total. The Morgan fingerprint density at radius 1 is 0.913 bits per heavy atom. The molecule has 0 saturated heterocycles. The number of aromatic amines is 1. The van der Waals surface area contributed by atoms with Crippen LogP contribution < -0.4 is 0 Å². The van der Waals surface area contributed by atoms with Gasteiger partial charge in [0.1, 0.15) is 0 Å². The Hall–Kier alpha value is -2.87. The molecular formula is C21H19NO. The minimum Gasteiger partial charge on any atom is -0.355 e. The third-order valence-corrected chi connectivity index (χ3v) is 3.80. The van der Waals surface area contributed by atoms with Crippen molar-refractivity contribution in [2.24, 2.45) is 0 Å². The average Bonchev–Trinajstić information content (AvgIpc) is 3.10. The van der Waals surface area contributed by atoms with Gasteiger partial charge in [-0.1, -0.05) is 67.6 Å². The highest BCUT2D eigenvalue weighted by atomic mass is 16.1. The molecule has 2 heteroatoms. The molecule has 0 radical (unpaired) electrons. The Morgan fingerprint density at radius 2 is 1.57 bits per heavy atom. The zero-order valence-electron chi connectivity index (χ0n) is 13.1. The van der Waals surface area contributed by atoms with E-state index in [9.17, 15) is 4.79 Å². The minimum absolute atomic E-state index is 0.125. The van der Waals surface area contributed by atoms with Gasteiger partial charge >= 0.3 is 0 Å². The van der Waals surface area contributed by atoms with Crippen molar-refractivity contribution >= 4 is 11.4 Å². The van der Waals surface area contributed by atoms with Crippen molar-refractivity contribution in [1.82, 2.24) is 4.98 Å². The molecule has 114 valence electrons. The van der Waals surface area contributed by atoms with E-state index in [-0.39, 0.29) is 5.78 Å². The molecule has 0 bridgehead atoms. The van der Waals surface area contributed by atoms with E-state index in [0.29, 0.717) is 6.42 Å². The first-order valence-electron chi connectivity index (χ1n) is 7.82. The lowest BCUT2D eigenvalue weighted by molar-refractivity contribution is -0.114. The second-order valence-electron chi connectivity index (χ2n) is 5.40. The lowest BCUT2D eigenvalue weighted by atomic mass is 10.0. The number of allylic oxidation sites excluding steroid dienone is 1. The maximum Gasteiger partial charge on any atom is 0.156 e. The maximum absolute atomic E-state index is 12.0. The normalized spacial score (nSPS) is 11.4. The summed E-state index contributed by atoms with van der Waals surface area (Å²) in [5.41, 5.74) is 5.10. The third-order valence-electron chi connectivity index (χ3n) is 3.80. The molecular weight excluding hydrogens is 282 g/mol. The molecule has 0 atom stereocenters. The number of benzene rings is 2. The van der Waals surface area contributed by atoms with Crippen LogP contribution in [0, 0.1) is 0 Å². The lowest BCUT2D eigenvalue weighted by Crippen LogP contribution is -1.95. The van der Waals surface area contributed by atoms with E-state index in [1.807, 2.05) is 61.5 Å². The second kappa shape index (κ2) is 6.93. The minimum atomic E-state index is 0.125. The smallest absolute Gasteiger partial charge is 0.156 e. The summed E-state index contributed by atoms with van der Waals surface area (Å²) in [4.78, 5) is 15.4. The third kappa shape index (κ3) is 3.49. The summed E-state index contributed by atoms with van der Waals surface area (Å²) in [7, 11) is 0. The monoisotopic (exact) mass is 301 g/mol. The molecule has 0 unspecified atom stereocenters. The molecule has 3 aromatic rings. The summed E-state index contributed by atoms with van der Waals surface area (Å²) in [6.07, 6.45) is 2.23. The SMILES string of the molecule is CCC(=O)C=C(c1ccccc1)c1ccc(-c2ccccc2)[nH]1. The van der Waals surface area contributed by atoms with E-state index in [0.717, 1.165) is 28.1 Å². The number of carbonyl (C=O) groups is 1. The topological polar surface area (TPSA) is 32.9 Å². The highest BCUT2D eigenvalue weighted by molar-refractivity contribution is 6.00. The van der Waals surface area contributed by atoms with Gasteiger partial charge in [-0.15, -0.1) is 0 Å². The Morgan fingerprint density at radius 3 is 2.22 bits per heavy atom. The zero-order chi connectivity index (χ0) is 16.1. The first-order chi connectivity index (χ1) is 11.3. The van der Waals surface area contributed by atoms with Crippen LogP contribution in [0.2, 0.25) is 0 Å². The van der Waals surface area contributed by atoms with Crippen molar-refractivity contribution in [1.29, 1.82) is 0 Å². The van der Waals surface area contributed by atoms with Crippen LogP contribution in [0.15, 0.2) is 78.9 Å². The molecule has 0 aliphatic carbocycles. The zero-order valence-corrected chi connectivity index (χ0v) is 13.1. The molecule has 0 aliphatic heterocycles. The number of hydrogen-bond donors (Lipinski definition) is 1. The standard InChI is InChI=1S/C21H19NO/c1-2-18(23)15-19(16-9-5-3-6-10-16)21-14-13-20(22-21)17-11-7-4-8-12-17/h3-15,22H,2H2,1H3. The van der Waals surface area contributed by atoms with Gasteiger partial charge in [0.2, 0.25) is 0 Å². The van der Waals surface area contributed by atoms with Gasteiger partial charge in [0.25, 0.3) is 0 Å². The van der Waals surface area contributed by atoms with E-state index in [4.69, 9.17) is 0 Å². The molecule has 0 aliphatic rings. The molecule has 3 rings (SSSR count). The highest BCUT2D eigenvalue weighted by Gasteiger charge is 2.10. The van der Waals surface area contributed by atoms with Gasteiger partial charge in [0.05, 0.1) is 0 Å². The molecule has 0 amide bonds. The van der Waals surface area contributed by atoms with Crippen LogP contribution >= 0.6 is 0 Å². The van der Waals surface area contributed by atoms with Crippen LogP contribution in [0.4, 0.5) is 0 Å². The fraction of sp³-hybridized carbons (Fsp3) is 0.0952. The average molecular weight is 301 g/mol. The van der Waals surface area contributed by atoms with Crippen molar-refractivity contribution in [2.75, 3.05) is 0 Å². The quantitative estimate of drug-likeness (QED) is 0.654. The van der Waals surface area contributed by atoms with Crippen molar-refractivity contribution in [3.05, 3.63) is 90.1 Å². The van der Waals surface area contributed by atoms with Gasteiger partial charge in [-0.3, -0.25) is 4.79 Å². The van der Waals surface area contributed by atoms with E-state index in [2.05, 4.69) is 23.2 Å². The van der Waals surface area contributed by atoms with Crippen molar-refractivity contribution in [3.8, 4) is 11.3 Å². The van der Waals surface area contributed by atoms with Crippen LogP contribution in [0.1, 0.15) is 24.6 Å². The Bertz CT molecular complexity index is 813. The molecule has 2 nitrogen and oxygen atoms in total. The van der Waals surface area contributed by atoms with E-state index in [1.165, 1.54) is 0 Å². The lowest BCUT2D eigenvalue weighted by Gasteiger charge is -2.06. The number of H-pyrrole nitrogens is 1. The van der Waals surface area contributed by atoms with E-state index < -0.39 is 0 Å². The number of hydrogen-bond acceptors (Lipinski definition) is 1. The van der Waals surface area contributed by atoms with Gasteiger partial charge in [0, 0.05) is 23.4 Å². The van der Waals surface area contributed by atoms with E-state index in [1.54, 1.807) is 6.08 Å². The number of aromatic nitrogens is 1. The molecule has 1 aromatic heterocycles. The predicted octanol–water partition coefficient (Wildman–Crippen LogP) is 5.09. The largest absolute Gasteiger partial charge is 0.355 e. The maximum atomic E-state index is 12.0. The Labute approximate surface area is 136 Å². The van der Waals surface area contributed by atoms with Crippen LogP contribution in [-0.4, -0.2) is 10.8 Å². The predicted molar refractivity (Wildman–Crippen MR) is 95.0 cm³/mol. The summed E-state index contributed by atoms with van der Waals surface area (Å²) < 4.78 is 0. The van der Waals surface area contributed by atoms with Gasteiger partial charge in [-0.05, 0) is 29.3 Å². The molecule has 23 heavy (non-hydrogen) atoms. The van der Waals surface area contributed by atoms with Crippen LogP contribution in [-0.2, 0) is 4.79 Å². The fourth-order valence-corrected chi connectivity index (χ4v) is 2.54. The number of ketones is 1. The van der Waals surface area contributed by atoms with Crippen LogP contribution in [0.3, 0.4) is 0 Å². The molecule has 0 fully saturated rings. The van der Waals surface area contributed by atoms with Gasteiger partial charge in [-0.25, -0.2) is 0 Å². The van der Waals surface area contributed by atoms with Crippen molar-refractivity contribution in [2.45, 2.75) is 13.3 Å². The summed E-state index contributed by atoms with van der Waals surface area (Å²) in [6.45, 7) is 1.88. The number of rotatable bonds is 5. The summed E-state index contributed by atoms with van der Waals surface area (Å²) in [6, 6.07) is 24.3. The Kier molecular flexibility index (Phi) is 4.53. The van der Waals surface area contributed by atoms with Gasteiger partial charge in [-0.2, -0.15) is 0 Å². The molecule has 1 heterocycles. The second-order valence-corrected chi connectivity index (χ2v) is 5.40. The number of nitrogens with one attached hydrogen (secondary N) is 1. The molecule has 2 aromatic carbocycles.